The standard InChI is InChI=1S/C7H14N2O2.C2HF3O2/c1-11-7(10)2-3-9-4-6(8)5-9;3-2(4,5)1(6)7/h6H,2-5,8H2,1H3;(H,6,7). The van der Waals surface area contributed by atoms with E-state index in [-0.39, 0.29) is 5.97 Å². The molecule has 18 heavy (non-hydrogen) atoms. The third-order valence-corrected chi connectivity index (χ3v) is 2.09. The van der Waals surface area contributed by atoms with Crippen LogP contribution in [-0.4, -0.2) is 60.9 Å². The molecule has 1 fully saturated rings. The minimum atomic E-state index is -5.08. The SMILES string of the molecule is COC(=O)CCN1CC(N)C1.O=C(O)C(F)(F)F. The molecule has 1 saturated heterocycles. The lowest BCUT2D eigenvalue weighted by Gasteiger charge is -2.36. The predicted octanol–water partition coefficient (Wildman–Crippen LogP) is -0.174. The van der Waals surface area contributed by atoms with Gasteiger partial charge in [0.25, 0.3) is 0 Å². The summed E-state index contributed by atoms with van der Waals surface area (Å²) >= 11 is 0. The minimum absolute atomic E-state index is 0.148. The summed E-state index contributed by atoms with van der Waals surface area (Å²) in [4.78, 5) is 21.7. The van der Waals surface area contributed by atoms with Crippen LogP contribution in [0, 0.1) is 0 Å². The first-order chi connectivity index (χ1) is 8.16. The number of rotatable bonds is 3. The molecule has 106 valence electrons. The molecular formula is C9H15F3N2O4. The van der Waals surface area contributed by atoms with Crippen molar-refractivity contribution in [3.05, 3.63) is 0 Å². The number of halogens is 3. The fourth-order valence-electron chi connectivity index (χ4n) is 1.14. The molecule has 1 rings (SSSR count). The van der Waals surface area contributed by atoms with Crippen molar-refractivity contribution in [1.29, 1.82) is 0 Å². The Morgan fingerprint density at radius 3 is 2.17 bits per heavy atom. The second kappa shape index (κ2) is 7.17. The molecular weight excluding hydrogens is 257 g/mol. The van der Waals surface area contributed by atoms with Gasteiger partial charge in [0.15, 0.2) is 0 Å². The summed E-state index contributed by atoms with van der Waals surface area (Å²) in [6, 6.07) is 0.313. The second-order valence-corrected chi connectivity index (χ2v) is 3.65. The number of ether oxygens (including phenoxy) is 1. The highest BCUT2D eigenvalue weighted by Gasteiger charge is 2.38. The Bertz CT molecular complexity index is 290. The summed E-state index contributed by atoms with van der Waals surface area (Å²) in [5, 5.41) is 7.12. The average Bonchev–Trinajstić information content (AvgIpc) is 2.21. The van der Waals surface area contributed by atoms with E-state index >= 15 is 0 Å². The lowest BCUT2D eigenvalue weighted by atomic mass is 10.1. The average molecular weight is 272 g/mol. The molecule has 0 aromatic heterocycles. The molecule has 0 aliphatic carbocycles. The van der Waals surface area contributed by atoms with Crippen molar-refractivity contribution in [2.24, 2.45) is 5.73 Å². The number of carboxylic acid groups (broad SMARTS) is 1. The van der Waals surface area contributed by atoms with Gasteiger partial charge in [-0.15, -0.1) is 0 Å². The Balaban J connectivity index is 0.000000360. The molecule has 1 aliphatic heterocycles. The first-order valence-corrected chi connectivity index (χ1v) is 5.01. The summed E-state index contributed by atoms with van der Waals surface area (Å²) in [6.07, 6.45) is -4.61. The van der Waals surface area contributed by atoms with Crippen LogP contribution in [0.15, 0.2) is 0 Å². The van der Waals surface area contributed by atoms with Crippen molar-refractivity contribution >= 4 is 11.9 Å². The number of carbonyl (C=O) groups excluding carboxylic acids is 1. The van der Waals surface area contributed by atoms with E-state index < -0.39 is 12.1 Å². The molecule has 0 amide bonds. The molecule has 0 aromatic rings. The summed E-state index contributed by atoms with van der Waals surface area (Å²) in [5.41, 5.74) is 5.55. The maximum absolute atomic E-state index is 10.7. The quantitative estimate of drug-likeness (QED) is 0.693. The summed E-state index contributed by atoms with van der Waals surface area (Å²) in [5.74, 6) is -2.90. The molecule has 0 atom stereocenters. The number of methoxy groups -OCH3 is 1. The number of likely N-dealkylation sites (tertiary alicyclic amines) is 1. The molecule has 0 saturated carbocycles. The zero-order valence-electron chi connectivity index (χ0n) is 9.74. The smallest absolute Gasteiger partial charge is 0.475 e. The lowest BCUT2D eigenvalue weighted by Crippen LogP contribution is -2.55. The molecule has 0 radical (unpaired) electrons. The molecule has 0 bridgehead atoms. The highest BCUT2D eigenvalue weighted by atomic mass is 19.4. The van der Waals surface area contributed by atoms with E-state index in [1.54, 1.807) is 0 Å². The number of carboxylic acids is 1. The highest BCUT2D eigenvalue weighted by Crippen LogP contribution is 2.13. The van der Waals surface area contributed by atoms with Crippen LogP contribution < -0.4 is 5.73 Å². The highest BCUT2D eigenvalue weighted by molar-refractivity contribution is 5.73. The molecule has 0 unspecified atom stereocenters. The Morgan fingerprint density at radius 1 is 1.44 bits per heavy atom. The van der Waals surface area contributed by atoms with Crippen LogP contribution in [0.3, 0.4) is 0 Å². The normalized spacial score (nSPS) is 16.3. The molecule has 6 nitrogen and oxygen atoms in total. The third-order valence-electron chi connectivity index (χ3n) is 2.09. The van der Waals surface area contributed by atoms with Gasteiger partial charge in [0, 0.05) is 25.7 Å². The van der Waals surface area contributed by atoms with Crippen molar-refractivity contribution in [3.63, 3.8) is 0 Å². The van der Waals surface area contributed by atoms with Gasteiger partial charge in [-0.1, -0.05) is 0 Å². The van der Waals surface area contributed by atoms with E-state index in [2.05, 4.69) is 9.64 Å². The van der Waals surface area contributed by atoms with Crippen molar-refractivity contribution in [2.75, 3.05) is 26.7 Å². The first kappa shape index (κ1) is 16.6. The third kappa shape index (κ3) is 7.07. The van der Waals surface area contributed by atoms with E-state index in [0.717, 1.165) is 19.6 Å². The topological polar surface area (TPSA) is 92.9 Å². The van der Waals surface area contributed by atoms with E-state index in [1.165, 1.54) is 7.11 Å². The molecule has 1 aliphatic rings. The van der Waals surface area contributed by atoms with Crippen LogP contribution in [0.25, 0.3) is 0 Å². The number of aliphatic carboxylic acids is 1. The number of nitrogens with two attached hydrogens (primary N) is 1. The Kier molecular flexibility index (Phi) is 6.63. The van der Waals surface area contributed by atoms with Gasteiger partial charge in [-0.3, -0.25) is 9.69 Å². The van der Waals surface area contributed by atoms with E-state index in [1.807, 2.05) is 0 Å². The Labute approximate surface area is 101 Å². The number of esters is 1. The van der Waals surface area contributed by atoms with Gasteiger partial charge in [0.05, 0.1) is 13.5 Å². The van der Waals surface area contributed by atoms with Gasteiger partial charge < -0.3 is 15.6 Å². The van der Waals surface area contributed by atoms with Crippen molar-refractivity contribution in [3.8, 4) is 0 Å². The summed E-state index contributed by atoms with van der Waals surface area (Å²) in [6.45, 7) is 2.61. The minimum Gasteiger partial charge on any atom is -0.475 e. The van der Waals surface area contributed by atoms with Crippen LogP contribution in [0.5, 0.6) is 0 Å². The zero-order chi connectivity index (χ0) is 14.3. The van der Waals surface area contributed by atoms with Gasteiger partial charge in [-0.05, 0) is 0 Å². The molecule has 1 heterocycles. The van der Waals surface area contributed by atoms with Gasteiger partial charge >= 0.3 is 18.1 Å². The maximum Gasteiger partial charge on any atom is 0.490 e. The van der Waals surface area contributed by atoms with Crippen molar-refractivity contribution in [1.82, 2.24) is 4.90 Å². The van der Waals surface area contributed by atoms with Gasteiger partial charge in [-0.25, -0.2) is 4.79 Å². The van der Waals surface area contributed by atoms with Crippen LogP contribution >= 0.6 is 0 Å². The van der Waals surface area contributed by atoms with Crippen LogP contribution in [0.4, 0.5) is 13.2 Å². The molecule has 9 heteroatoms. The first-order valence-electron chi connectivity index (χ1n) is 5.01. The maximum atomic E-state index is 10.7. The van der Waals surface area contributed by atoms with Crippen molar-refractivity contribution < 1.29 is 32.6 Å². The van der Waals surface area contributed by atoms with Gasteiger partial charge in [0.2, 0.25) is 0 Å². The number of hydrogen-bond donors (Lipinski definition) is 2. The largest absolute Gasteiger partial charge is 0.490 e. The van der Waals surface area contributed by atoms with Crippen LogP contribution in [0.2, 0.25) is 0 Å². The van der Waals surface area contributed by atoms with Gasteiger partial charge in [-0.2, -0.15) is 13.2 Å². The van der Waals surface area contributed by atoms with E-state index in [4.69, 9.17) is 15.6 Å². The molecule has 0 aromatic carbocycles. The number of nitrogens with zero attached hydrogens (tertiary/aromatic N) is 1. The lowest BCUT2D eigenvalue weighted by molar-refractivity contribution is -0.192. The monoisotopic (exact) mass is 272 g/mol. The fourth-order valence-corrected chi connectivity index (χ4v) is 1.14. The molecule has 3 N–H and O–H groups in total. The van der Waals surface area contributed by atoms with Crippen LogP contribution in [0.1, 0.15) is 6.42 Å². The summed E-state index contributed by atoms with van der Waals surface area (Å²) in [7, 11) is 1.41. The Hall–Kier alpha value is -1.35. The zero-order valence-corrected chi connectivity index (χ0v) is 9.74. The number of alkyl halides is 3. The van der Waals surface area contributed by atoms with Crippen molar-refractivity contribution in [2.45, 2.75) is 18.6 Å². The summed E-state index contributed by atoms with van der Waals surface area (Å²) < 4.78 is 36.2. The van der Waals surface area contributed by atoms with E-state index in [9.17, 15) is 18.0 Å². The fraction of sp³-hybridized carbons (Fsp3) is 0.778. The predicted molar refractivity (Wildman–Crippen MR) is 54.7 cm³/mol. The second-order valence-electron chi connectivity index (χ2n) is 3.65. The van der Waals surface area contributed by atoms with Gasteiger partial charge in [0.1, 0.15) is 0 Å². The number of hydrogen-bond acceptors (Lipinski definition) is 5. The Morgan fingerprint density at radius 2 is 1.89 bits per heavy atom. The van der Waals surface area contributed by atoms with E-state index in [0.29, 0.717) is 12.5 Å². The number of carbonyl (C=O) groups is 2. The molecule has 0 spiro atoms. The van der Waals surface area contributed by atoms with Crippen LogP contribution in [-0.2, 0) is 14.3 Å².